The number of β-amino-alcohol motifs (C(OH)–C–C–N with tert-alkyl or cyclic N) is 1. The number of amides is 1. The number of aromatic hydroxyl groups is 1. The van der Waals surface area contributed by atoms with Crippen LogP contribution in [0.4, 0.5) is 33.0 Å². The number of hydrogen-bond acceptors (Lipinski definition) is 8. The van der Waals surface area contributed by atoms with Gasteiger partial charge in [-0.05, 0) is 48.7 Å². The largest absolute Gasteiger partial charge is 0.508 e. The Kier molecular flexibility index (Phi) is 6.01. The van der Waals surface area contributed by atoms with E-state index >= 15 is 0 Å². The Hall–Kier alpha value is -3.73. The van der Waals surface area contributed by atoms with Gasteiger partial charge in [0.05, 0.1) is 35.0 Å². The molecule has 2 aliphatic rings. The fraction of sp³-hybridized carbons (Fsp3) is 0.280. The lowest BCUT2D eigenvalue weighted by molar-refractivity contribution is -0.0403. The highest BCUT2D eigenvalue weighted by molar-refractivity contribution is 6.15. The van der Waals surface area contributed by atoms with Crippen molar-refractivity contribution in [1.82, 2.24) is 9.88 Å². The smallest absolute Gasteiger partial charge is 0.261 e. The van der Waals surface area contributed by atoms with E-state index in [9.17, 15) is 24.5 Å². The zero-order chi connectivity index (χ0) is 24.7. The number of phenolic OH excluding ortho intramolecular Hbond substituents is 1. The number of rotatable bonds is 4. The van der Waals surface area contributed by atoms with Crippen molar-refractivity contribution >= 4 is 34.5 Å². The first-order valence-electron chi connectivity index (χ1n) is 11.3. The number of pyridine rings is 1. The van der Waals surface area contributed by atoms with Gasteiger partial charge in [-0.1, -0.05) is 6.07 Å². The number of carbonyl (C=O) groups is 1. The highest BCUT2D eigenvalue weighted by Crippen LogP contribution is 2.36. The van der Waals surface area contributed by atoms with Crippen molar-refractivity contribution in [3.63, 3.8) is 0 Å². The molecule has 1 aromatic heterocycles. The number of anilines is 5. The molecule has 3 heterocycles. The van der Waals surface area contributed by atoms with E-state index in [2.05, 4.69) is 25.8 Å². The van der Waals surface area contributed by atoms with Gasteiger partial charge < -0.3 is 31.3 Å². The van der Waals surface area contributed by atoms with E-state index in [0.717, 1.165) is 5.56 Å². The molecule has 1 saturated heterocycles. The Morgan fingerprint density at radius 2 is 1.94 bits per heavy atom. The van der Waals surface area contributed by atoms with Gasteiger partial charge in [-0.3, -0.25) is 9.69 Å². The van der Waals surface area contributed by atoms with Crippen LogP contribution in [-0.2, 0) is 6.54 Å². The van der Waals surface area contributed by atoms with Crippen LogP contribution < -0.4 is 16.0 Å². The number of piperidine rings is 1. The normalized spacial score (nSPS) is 19.7. The van der Waals surface area contributed by atoms with Gasteiger partial charge in [0.1, 0.15) is 22.9 Å². The van der Waals surface area contributed by atoms with Gasteiger partial charge in [-0.25, -0.2) is 9.37 Å². The van der Waals surface area contributed by atoms with Crippen molar-refractivity contribution in [3.05, 3.63) is 65.1 Å². The summed E-state index contributed by atoms with van der Waals surface area (Å²) in [6.07, 6.45) is 0.522. The number of likely N-dealkylation sites (tertiary alicyclic amines) is 1. The summed E-state index contributed by atoms with van der Waals surface area (Å²) in [4.78, 5) is 19.6. The average Bonchev–Trinajstić information content (AvgIpc) is 2.95. The summed E-state index contributed by atoms with van der Waals surface area (Å²) in [7, 11) is 0. The second-order valence-corrected chi connectivity index (χ2v) is 8.94. The number of phenols is 1. The summed E-state index contributed by atoms with van der Waals surface area (Å²) in [5, 5.41) is 38.7. The molecule has 182 valence electrons. The third-order valence-corrected chi connectivity index (χ3v) is 6.35. The Labute approximate surface area is 201 Å². The molecular weight excluding hydrogens is 453 g/mol. The van der Waals surface area contributed by atoms with Crippen LogP contribution in [0.2, 0.25) is 0 Å². The van der Waals surface area contributed by atoms with Gasteiger partial charge in [0, 0.05) is 31.9 Å². The zero-order valence-corrected chi connectivity index (χ0v) is 19.0. The number of nitrogens with zero attached hydrogens (tertiary/aromatic N) is 2. The van der Waals surface area contributed by atoms with E-state index in [1.54, 1.807) is 13.0 Å². The predicted octanol–water partition coefficient (Wildman–Crippen LogP) is 3.22. The minimum atomic E-state index is -0.780. The Morgan fingerprint density at radius 1 is 1.11 bits per heavy atom. The summed E-state index contributed by atoms with van der Waals surface area (Å²) < 4.78 is 14.5. The number of aliphatic hydroxyl groups is 2. The minimum absolute atomic E-state index is 0.0344. The first-order chi connectivity index (χ1) is 16.8. The van der Waals surface area contributed by atoms with Crippen LogP contribution in [0.5, 0.6) is 5.75 Å². The first kappa shape index (κ1) is 23.0. The summed E-state index contributed by atoms with van der Waals surface area (Å²) >= 11 is 0. The topological polar surface area (TPSA) is 130 Å². The Balaban J connectivity index is 1.40. The number of hydrogen-bond donors (Lipinski definition) is 6. The zero-order valence-electron chi connectivity index (χ0n) is 19.0. The molecule has 35 heavy (non-hydrogen) atoms. The van der Waals surface area contributed by atoms with Crippen molar-refractivity contribution in [2.24, 2.45) is 0 Å². The number of nitrogens with one attached hydrogen (secondary N) is 3. The van der Waals surface area contributed by atoms with Gasteiger partial charge in [-0.2, -0.15) is 0 Å². The number of halogens is 1. The summed E-state index contributed by atoms with van der Waals surface area (Å²) in [5.41, 5.74) is 3.12. The maximum atomic E-state index is 14.5. The Morgan fingerprint density at radius 3 is 2.74 bits per heavy atom. The van der Waals surface area contributed by atoms with E-state index in [-0.39, 0.29) is 17.0 Å². The third-order valence-electron chi connectivity index (χ3n) is 6.35. The molecule has 2 atom stereocenters. The lowest BCUT2D eigenvalue weighted by Gasteiger charge is -2.33. The second kappa shape index (κ2) is 9.14. The maximum Gasteiger partial charge on any atom is 0.261 e. The molecule has 3 aromatic rings. The van der Waals surface area contributed by atoms with Gasteiger partial charge in [0.25, 0.3) is 5.91 Å². The van der Waals surface area contributed by atoms with Crippen molar-refractivity contribution in [2.45, 2.75) is 32.1 Å². The van der Waals surface area contributed by atoms with Gasteiger partial charge >= 0.3 is 0 Å². The molecule has 2 aromatic carbocycles. The second-order valence-electron chi connectivity index (χ2n) is 8.94. The SMILES string of the molecule is Cc1cc(F)c(Nc2ccnc3c2C(=O)Nc2cc(CN4CC[C@@H](O)[C@H](O)C4)ccc2N3)cc1O. The number of carbonyl (C=O) groups excluding carboxylic acids is 1. The van der Waals surface area contributed by atoms with Gasteiger partial charge in [0.2, 0.25) is 0 Å². The molecule has 9 nitrogen and oxygen atoms in total. The van der Waals surface area contributed by atoms with Crippen LogP contribution in [0, 0.1) is 12.7 Å². The molecule has 0 spiro atoms. The highest BCUT2D eigenvalue weighted by Gasteiger charge is 2.27. The lowest BCUT2D eigenvalue weighted by atomic mass is 10.0. The molecule has 6 N–H and O–H groups in total. The van der Waals surface area contributed by atoms with Crippen LogP contribution in [0.3, 0.4) is 0 Å². The Bertz CT molecular complexity index is 1300. The van der Waals surface area contributed by atoms with E-state index in [1.165, 1.54) is 18.3 Å². The molecule has 1 amide bonds. The van der Waals surface area contributed by atoms with E-state index in [4.69, 9.17) is 0 Å². The first-order valence-corrected chi connectivity index (χ1v) is 11.3. The standard InChI is InChI=1S/C25H26FN5O4/c1-13-8-15(26)18(10-21(13)33)28-17-4-6-27-24-23(17)25(35)30-19-9-14(2-3-16(19)29-24)11-31-7-5-20(32)22(34)12-31/h2-4,6,8-10,20,22,32-34H,5,7,11-12H2,1H3,(H,30,35)(H2,27,28,29)/t20-,22-/m1/s1. The fourth-order valence-electron chi connectivity index (χ4n) is 4.39. The number of benzene rings is 2. The third kappa shape index (κ3) is 4.63. The van der Waals surface area contributed by atoms with Crippen molar-refractivity contribution < 1.29 is 24.5 Å². The van der Waals surface area contributed by atoms with Gasteiger partial charge in [-0.15, -0.1) is 0 Å². The van der Waals surface area contributed by atoms with Crippen LogP contribution in [0.1, 0.15) is 27.9 Å². The molecule has 0 radical (unpaired) electrons. The van der Waals surface area contributed by atoms with Crippen molar-refractivity contribution in [1.29, 1.82) is 0 Å². The molecule has 1 fully saturated rings. The molecule has 2 aliphatic heterocycles. The number of aryl methyl sites for hydroxylation is 1. The lowest BCUT2D eigenvalue weighted by Crippen LogP contribution is -2.46. The number of aliphatic hydroxyl groups excluding tert-OH is 2. The number of aromatic nitrogens is 1. The van der Waals surface area contributed by atoms with E-state index in [0.29, 0.717) is 54.5 Å². The van der Waals surface area contributed by atoms with Crippen molar-refractivity contribution in [3.8, 4) is 5.75 Å². The molecule has 0 bridgehead atoms. The summed E-state index contributed by atoms with van der Waals surface area (Å²) in [6, 6.07) is 9.68. The molecule has 0 saturated carbocycles. The quantitative estimate of drug-likeness (QED) is 0.337. The average molecular weight is 480 g/mol. The van der Waals surface area contributed by atoms with Gasteiger partial charge in [0.15, 0.2) is 0 Å². The van der Waals surface area contributed by atoms with E-state index < -0.39 is 23.9 Å². The monoisotopic (exact) mass is 479 g/mol. The van der Waals surface area contributed by atoms with Crippen molar-refractivity contribution in [2.75, 3.05) is 29.0 Å². The van der Waals surface area contributed by atoms with Crippen LogP contribution in [0.15, 0.2) is 42.6 Å². The van der Waals surface area contributed by atoms with Crippen LogP contribution in [-0.4, -0.2) is 56.4 Å². The number of fused-ring (bicyclic) bond motifs is 2. The minimum Gasteiger partial charge on any atom is -0.508 e. The molecular formula is C25H26FN5O4. The van der Waals surface area contributed by atoms with Crippen LogP contribution in [0.25, 0.3) is 0 Å². The molecule has 0 aliphatic carbocycles. The molecule has 0 unspecified atom stereocenters. The maximum absolute atomic E-state index is 14.5. The summed E-state index contributed by atoms with van der Waals surface area (Å²) in [6.45, 7) is 3.19. The molecule has 10 heteroatoms. The molecule has 5 rings (SSSR count). The highest BCUT2D eigenvalue weighted by atomic mass is 19.1. The predicted molar refractivity (Wildman–Crippen MR) is 130 cm³/mol. The summed E-state index contributed by atoms with van der Waals surface area (Å²) in [5.74, 6) is -0.737. The van der Waals surface area contributed by atoms with E-state index in [1.807, 2.05) is 18.2 Å². The van der Waals surface area contributed by atoms with Crippen LogP contribution >= 0.6 is 0 Å². The fourth-order valence-corrected chi connectivity index (χ4v) is 4.39.